The van der Waals surface area contributed by atoms with E-state index in [1.165, 1.54) is 0 Å². The second kappa shape index (κ2) is 7.56. The third-order valence-corrected chi connectivity index (χ3v) is 2.63. The van der Waals surface area contributed by atoms with Gasteiger partial charge in [0, 0.05) is 0 Å². The summed E-state index contributed by atoms with van der Waals surface area (Å²) in [5.74, 6) is -2.64. The Morgan fingerprint density at radius 3 is 2.53 bits per heavy atom. The van der Waals surface area contributed by atoms with Crippen LogP contribution in [0.1, 0.15) is 65.7 Å². The molecule has 0 saturated heterocycles. The van der Waals surface area contributed by atoms with Crippen molar-refractivity contribution in [3.63, 3.8) is 0 Å². The van der Waals surface area contributed by atoms with Crippen molar-refractivity contribution in [2.45, 2.75) is 45.6 Å². The Kier molecular flexibility index (Phi) is 3.98. The molecule has 0 spiro atoms. The minimum absolute atomic E-state index is 0.464. The van der Waals surface area contributed by atoms with E-state index in [0.29, 0.717) is 6.42 Å². The molecule has 4 heteroatoms. The highest BCUT2D eigenvalue weighted by molar-refractivity contribution is 6.02. The Balaban J connectivity index is 3.16. The fourth-order valence-corrected chi connectivity index (χ4v) is 1.61. The van der Waals surface area contributed by atoms with Gasteiger partial charge in [-0.2, -0.15) is 0 Å². The van der Waals surface area contributed by atoms with Crippen LogP contribution in [0.3, 0.4) is 0 Å². The van der Waals surface area contributed by atoms with Gasteiger partial charge in [0.2, 0.25) is 0 Å². The van der Waals surface area contributed by atoms with Crippen LogP contribution < -0.4 is 0 Å². The molecule has 0 saturated carbocycles. The highest BCUT2D eigenvalue weighted by Crippen LogP contribution is 2.13. The van der Waals surface area contributed by atoms with E-state index in [1.54, 1.807) is 6.92 Å². The predicted octanol–water partition coefficient (Wildman–Crippen LogP) is 3.51. The average Bonchev–Trinajstić information content (AvgIpc) is 2.48. The number of unbranched alkanes of at least 4 members (excludes halogenated alkanes) is 2. The fraction of sp³-hybridized carbons (Fsp3) is 0.467. The summed E-state index contributed by atoms with van der Waals surface area (Å²) in [5, 5.41) is 9.19. The molecular formula is C15H20O4. The van der Waals surface area contributed by atoms with Crippen molar-refractivity contribution < 1.29 is 24.9 Å². The van der Waals surface area contributed by atoms with E-state index < -0.39 is 53.3 Å². The minimum Gasteiger partial charge on any atom is -0.478 e. The largest absolute Gasteiger partial charge is 0.478 e. The van der Waals surface area contributed by atoms with Gasteiger partial charge < -0.3 is 9.84 Å². The van der Waals surface area contributed by atoms with Gasteiger partial charge >= 0.3 is 11.9 Å². The summed E-state index contributed by atoms with van der Waals surface area (Å²) in [7, 11) is 0. The molecule has 0 aliphatic carbocycles. The summed E-state index contributed by atoms with van der Waals surface area (Å²) in [6.45, 7) is 3.70. The molecule has 1 rings (SSSR count). The highest BCUT2D eigenvalue weighted by atomic mass is 16.5. The fourth-order valence-electron chi connectivity index (χ4n) is 1.61. The van der Waals surface area contributed by atoms with Crippen LogP contribution in [0, 0.1) is 0 Å². The van der Waals surface area contributed by atoms with E-state index in [-0.39, 0.29) is 0 Å². The number of esters is 1. The van der Waals surface area contributed by atoms with Crippen molar-refractivity contribution in [1.82, 2.24) is 0 Å². The van der Waals surface area contributed by atoms with Crippen molar-refractivity contribution >= 4 is 11.9 Å². The van der Waals surface area contributed by atoms with Crippen LogP contribution in [0.4, 0.5) is 0 Å². The van der Waals surface area contributed by atoms with Gasteiger partial charge in [0.1, 0.15) is 0 Å². The summed E-state index contributed by atoms with van der Waals surface area (Å²) < 4.78 is 35.6. The second-order valence-electron chi connectivity index (χ2n) is 4.27. The first kappa shape index (κ1) is 10.0. The van der Waals surface area contributed by atoms with Gasteiger partial charge in [0.15, 0.2) is 0 Å². The predicted molar refractivity (Wildman–Crippen MR) is 72.4 cm³/mol. The number of hydrogen-bond donors (Lipinski definition) is 1. The topological polar surface area (TPSA) is 63.6 Å². The lowest BCUT2D eigenvalue weighted by Gasteiger charge is -2.13. The quantitative estimate of drug-likeness (QED) is 0.607. The van der Waals surface area contributed by atoms with Crippen LogP contribution in [0.15, 0.2) is 24.2 Å². The number of carboxylic acids is 1. The molecule has 1 unspecified atom stereocenters. The number of ether oxygens (including phenoxy) is 1. The first-order chi connectivity index (χ1) is 10.7. The van der Waals surface area contributed by atoms with Crippen LogP contribution in [-0.2, 0) is 4.74 Å². The molecule has 1 atom stereocenters. The second-order valence-corrected chi connectivity index (χ2v) is 4.27. The molecule has 0 bridgehead atoms. The lowest BCUT2D eigenvalue weighted by atomic mass is 10.1. The van der Waals surface area contributed by atoms with Crippen molar-refractivity contribution in [2.75, 3.05) is 0 Å². The molecule has 0 aliphatic heterocycles. The monoisotopic (exact) mass is 268 g/mol. The van der Waals surface area contributed by atoms with E-state index in [1.807, 2.05) is 6.92 Å². The van der Waals surface area contributed by atoms with Crippen LogP contribution in [0.25, 0.3) is 0 Å². The SMILES string of the molecule is [2H]c1c([2H])c([2H])c(C(=O)OC(C)CCCCC)c(C(=O)O)c1[2H]. The zero-order valence-electron chi connectivity index (χ0n) is 15.1. The maximum Gasteiger partial charge on any atom is 0.339 e. The zero-order chi connectivity index (χ0) is 17.7. The molecule has 0 aromatic heterocycles. The lowest BCUT2D eigenvalue weighted by Crippen LogP contribution is -2.17. The van der Waals surface area contributed by atoms with Gasteiger partial charge in [-0.25, -0.2) is 9.59 Å². The molecule has 1 aromatic carbocycles. The Bertz CT molecular complexity index is 616. The Morgan fingerprint density at radius 1 is 1.32 bits per heavy atom. The summed E-state index contributed by atoms with van der Waals surface area (Å²) >= 11 is 0. The first-order valence-corrected chi connectivity index (χ1v) is 6.26. The molecule has 19 heavy (non-hydrogen) atoms. The lowest BCUT2D eigenvalue weighted by molar-refractivity contribution is 0.0314. The van der Waals surface area contributed by atoms with E-state index in [4.69, 9.17) is 10.2 Å². The van der Waals surface area contributed by atoms with Crippen LogP contribution >= 0.6 is 0 Å². The molecule has 0 fully saturated rings. The van der Waals surface area contributed by atoms with Crippen molar-refractivity contribution in [3.05, 3.63) is 35.3 Å². The maximum absolute atomic E-state index is 12.2. The maximum atomic E-state index is 12.2. The third-order valence-electron chi connectivity index (χ3n) is 2.63. The Morgan fingerprint density at radius 2 is 1.95 bits per heavy atom. The molecular weight excluding hydrogens is 244 g/mol. The number of carbonyl (C=O) groups is 2. The Labute approximate surface area is 119 Å². The van der Waals surface area contributed by atoms with Crippen molar-refractivity contribution in [3.8, 4) is 0 Å². The highest BCUT2D eigenvalue weighted by Gasteiger charge is 2.18. The molecule has 1 aromatic rings. The number of benzene rings is 1. The van der Waals surface area contributed by atoms with Gasteiger partial charge in [-0.1, -0.05) is 31.9 Å². The van der Waals surface area contributed by atoms with Gasteiger partial charge in [0.25, 0.3) is 0 Å². The van der Waals surface area contributed by atoms with E-state index in [9.17, 15) is 14.7 Å². The van der Waals surface area contributed by atoms with E-state index >= 15 is 0 Å². The normalized spacial score (nSPS) is 14.8. The molecule has 0 heterocycles. The molecule has 104 valence electrons. The van der Waals surface area contributed by atoms with Crippen LogP contribution in [0.2, 0.25) is 0 Å². The van der Waals surface area contributed by atoms with E-state index in [2.05, 4.69) is 0 Å². The summed E-state index contributed by atoms with van der Waals surface area (Å²) in [6, 6.07) is -2.82. The van der Waals surface area contributed by atoms with Gasteiger partial charge in [0.05, 0.1) is 22.7 Å². The third kappa shape index (κ3) is 4.73. The number of rotatable bonds is 7. The average molecular weight is 268 g/mol. The number of carbonyl (C=O) groups excluding carboxylic acids is 1. The number of carboxylic acid groups (broad SMARTS) is 1. The van der Waals surface area contributed by atoms with E-state index in [0.717, 1.165) is 19.3 Å². The van der Waals surface area contributed by atoms with Crippen LogP contribution in [-0.4, -0.2) is 23.1 Å². The van der Waals surface area contributed by atoms with Crippen LogP contribution in [0.5, 0.6) is 0 Å². The zero-order valence-corrected chi connectivity index (χ0v) is 11.1. The first-order valence-electron chi connectivity index (χ1n) is 8.26. The summed E-state index contributed by atoms with van der Waals surface area (Å²) in [5.41, 5.74) is -1.40. The minimum atomic E-state index is -1.59. The van der Waals surface area contributed by atoms with Gasteiger partial charge in [-0.05, 0) is 31.9 Å². The van der Waals surface area contributed by atoms with Gasteiger partial charge in [-0.15, -0.1) is 0 Å². The molecule has 4 nitrogen and oxygen atoms in total. The summed E-state index contributed by atoms with van der Waals surface area (Å²) in [6.07, 6.45) is 2.98. The summed E-state index contributed by atoms with van der Waals surface area (Å²) in [4.78, 5) is 23.5. The Hall–Kier alpha value is -1.84. The van der Waals surface area contributed by atoms with Crippen molar-refractivity contribution in [1.29, 1.82) is 0 Å². The van der Waals surface area contributed by atoms with Crippen molar-refractivity contribution in [2.24, 2.45) is 0 Å². The smallest absolute Gasteiger partial charge is 0.339 e. The standard InChI is InChI=1S/C15H20O4/c1-3-4-5-8-11(2)19-15(18)13-10-7-6-9-12(13)14(16)17/h6-7,9-11H,3-5,8H2,1-2H3,(H,16,17)/i6D,7D,9D,10D. The molecule has 1 N–H and O–H groups in total. The number of aromatic carboxylic acids is 1. The number of hydrogen-bond acceptors (Lipinski definition) is 3. The molecule has 0 amide bonds. The molecule has 0 aliphatic rings. The molecule has 0 radical (unpaired) electrons. The van der Waals surface area contributed by atoms with Gasteiger partial charge in [-0.3, -0.25) is 0 Å².